The zero-order valence-corrected chi connectivity index (χ0v) is 10.9. The standard InChI is InChI=1S/C12H20BrNO/c1-2-11(13)12(15)14-7-10-6-8-3-4-9(10)5-8/h8-11H,2-7H2,1H3,(H,14,15). The van der Waals surface area contributed by atoms with Gasteiger partial charge in [-0.1, -0.05) is 29.3 Å². The minimum Gasteiger partial charge on any atom is -0.355 e. The van der Waals surface area contributed by atoms with Gasteiger partial charge in [0.25, 0.3) is 0 Å². The molecule has 2 rings (SSSR count). The van der Waals surface area contributed by atoms with Crippen LogP contribution in [0.1, 0.15) is 39.0 Å². The third kappa shape index (κ3) is 2.55. The zero-order valence-electron chi connectivity index (χ0n) is 9.34. The molecule has 0 aliphatic heterocycles. The molecule has 0 aromatic rings. The van der Waals surface area contributed by atoms with Crippen LogP contribution in [0.4, 0.5) is 0 Å². The van der Waals surface area contributed by atoms with Crippen molar-refractivity contribution in [2.45, 2.75) is 43.9 Å². The van der Waals surface area contributed by atoms with Crippen molar-refractivity contribution in [3.63, 3.8) is 0 Å². The van der Waals surface area contributed by atoms with Gasteiger partial charge in [0.15, 0.2) is 0 Å². The SMILES string of the molecule is CCC(Br)C(=O)NCC1CC2CCC1C2. The quantitative estimate of drug-likeness (QED) is 0.785. The van der Waals surface area contributed by atoms with Gasteiger partial charge < -0.3 is 5.32 Å². The average molecular weight is 274 g/mol. The van der Waals surface area contributed by atoms with Crippen LogP contribution < -0.4 is 5.32 Å². The van der Waals surface area contributed by atoms with E-state index in [0.29, 0.717) is 0 Å². The summed E-state index contributed by atoms with van der Waals surface area (Å²) in [6.45, 7) is 2.93. The summed E-state index contributed by atoms with van der Waals surface area (Å²) in [4.78, 5) is 11.6. The maximum absolute atomic E-state index is 11.6. The molecule has 4 unspecified atom stereocenters. The second kappa shape index (κ2) is 4.86. The number of amides is 1. The monoisotopic (exact) mass is 273 g/mol. The number of fused-ring (bicyclic) bond motifs is 2. The van der Waals surface area contributed by atoms with Crippen molar-refractivity contribution < 1.29 is 4.79 Å². The molecule has 2 aliphatic rings. The van der Waals surface area contributed by atoms with E-state index in [2.05, 4.69) is 21.2 Å². The van der Waals surface area contributed by atoms with Crippen LogP contribution in [-0.4, -0.2) is 17.3 Å². The number of carbonyl (C=O) groups is 1. The summed E-state index contributed by atoms with van der Waals surface area (Å²) in [5.41, 5.74) is 0. The van der Waals surface area contributed by atoms with Crippen LogP contribution in [0, 0.1) is 17.8 Å². The van der Waals surface area contributed by atoms with E-state index in [-0.39, 0.29) is 10.7 Å². The second-order valence-corrected chi connectivity index (χ2v) is 6.16. The Labute approximate surface area is 100 Å². The molecule has 86 valence electrons. The number of alkyl halides is 1. The Balaban J connectivity index is 1.72. The topological polar surface area (TPSA) is 29.1 Å². The molecular formula is C12H20BrNO. The molecule has 2 fully saturated rings. The molecule has 0 saturated heterocycles. The third-order valence-electron chi connectivity index (χ3n) is 4.07. The van der Waals surface area contributed by atoms with Crippen molar-refractivity contribution in [1.29, 1.82) is 0 Å². The highest BCUT2D eigenvalue weighted by atomic mass is 79.9. The van der Waals surface area contributed by atoms with E-state index in [0.717, 1.165) is 30.7 Å². The van der Waals surface area contributed by atoms with Crippen molar-refractivity contribution in [3.8, 4) is 0 Å². The van der Waals surface area contributed by atoms with E-state index in [9.17, 15) is 4.79 Å². The zero-order chi connectivity index (χ0) is 10.8. The van der Waals surface area contributed by atoms with Gasteiger partial charge >= 0.3 is 0 Å². The van der Waals surface area contributed by atoms with Gasteiger partial charge in [0.05, 0.1) is 4.83 Å². The molecule has 4 atom stereocenters. The predicted molar refractivity (Wildman–Crippen MR) is 65.0 cm³/mol. The summed E-state index contributed by atoms with van der Waals surface area (Å²) in [6, 6.07) is 0. The highest BCUT2D eigenvalue weighted by molar-refractivity contribution is 9.10. The van der Waals surface area contributed by atoms with Gasteiger partial charge in [-0.25, -0.2) is 0 Å². The lowest BCUT2D eigenvalue weighted by molar-refractivity contribution is -0.120. The lowest BCUT2D eigenvalue weighted by Gasteiger charge is -2.22. The van der Waals surface area contributed by atoms with E-state index in [1.165, 1.54) is 25.7 Å². The fourth-order valence-corrected chi connectivity index (χ4v) is 3.32. The van der Waals surface area contributed by atoms with Gasteiger partial charge in [-0.05, 0) is 43.4 Å². The lowest BCUT2D eigenvalue weighted by Crippen LogP contribution is -2.36. The fourth-order valence-electron chi connectivity index (χ4n) is 3.15. The molecule has 2 nitrogen and oxygen atoms in total. The van der Waals surface area contributed by atoms with Crippen molar-refractivity contribution in [2.24, 2.45) is 17.8 Å². The summed E-state index contributed by atoms with van der Waals surface area (Å²) in [5, 5.41) is 3.07. The Morgan fingerprint density at radius 1 is 1.47 bits per heavy atom. The lowest BCUT2D eigenvalue weighted by atomic mass is 9.89. The maximum Gasteiger partial charge on any atom is 0.233 e. The predicted octanol–water partition coefficient (Wildman–Crippen LogP) is 2.71. The summed E-state index contributed by atoms with van der Waals surface area (Å²) < 4.78 is 0. The number of carbonyl (C=O) groups excluding carboxylic acids is 1. The molecule has 0 heterocycles. The van der Waals surface area contributed by atoms with Crippen LogP contribution in [-0.2, 0) is 4.79 Å². The Morgan fingerprint density at radius 2 is 2.27 bits per heavy atom. The first-order chi connectivity index (χ1) is 7.20. The number of nitrogens with one attached hydrogen (secondary N) is 1. The molecule has 2 saturated carbocycles. The molecule has 1 N–H and O–H groups in total. The third-order valence-corrected chi connectivity index (χ3v) is 5.13. The molecule has 0 aromatic heterocycles. The molecule has 1 amide bonds. The first-order valence-electron chi connectivity index (χ1n) is 6.12. The van der Waals surface area contributed by atoms with E-state index in [4.69, 9.17) is 0 Å². The first-order valence-corrected chi connectivity index (χ1v) is 7.04. The van der Waals surface area contributed by atoms with Gasteiger partial charge in [0.1, 0.15) is 0 Å². The molecule has 0 spiro atoms. The van der Waals surface area contributed by atoms with Gasteiger partial charge in [-0.3, -0.25) is 4.79 Å². The molecular weight excluding hydrogens is 254 g/mol. The smallest absolute Gasteiger partial charge is 0.233 e. The van der Waals surface area contributed by atoms with Crippen molar-refractivity contribution in [3.05, 3.63) is 0 Å². The average Bonchev–Trinajstić information content (AvgIpc) is 2.86. The van der Waals surface area contributed by atoms with Crippen molar-refractivity contribution >= 4 is 21.8 Å². The second-order valence-electron chi connectivity index (χ2n) is 5.06. The largest absolute Gasteiger partial charge is 0.355 e. The molecule has 0 aromatic carbocycles. The number of hydrogen-bond donors (Lipinski definition) is 1. The summed E-state index contributed by atoms with van der Waals surface area (Å²) in [6.07, 6.45) is 6.47. The molecule has 2 aliphatic carbocycles. The number of hydrogen-bond acceptors (Lipinski definition) is 1. The minimum absolute atomic E-state index is 0.00362. The minimum atomic E-state index is -0.00362. The van der Waals surface area contributed by atoms with Gasteiger partial charge in [-0.15, -0.1) is 0 Å². The summed E-state index contributed by atoms with van der Waals surface area (Å²) in [7, 11) is 0. The van der Waals surface area contributed by atoms with E-state index in [1.54, 1.807) is 0 Å². The van der Waals surface area contributed by atoms with E-state index < -0.39 is 0 Å². The molecule has 3 heteroatoms. The Hall–Kier alpha value is -0.0500. The van der Waals surface area contributed by atoms with Crippen LogP contribution >= 0.6 is 15.9 Å². The van der Waals surface area contributed by atoms with Crippen LogP contribution in [0.3, 0.4) is 0 Å². The van der Waals surface area contributed by atoms with Gasteiger partial charge in [0, 0.05) is 6.54 Å². The highest BCUT2D eigenvalue weighted by Crippen LogP contribution is 2.47. The number of halogens is 1. The normalized spacial score (nSPS) is 35.5. The van der Waals surface area contributed by atoms with E-state index >= 15 is 0 Å². The van der Waals surface area contributed by atoms with Crippen molar-refractivity contribution in [2.75, 3.05) is 6.54 Å². The Kier molecular flexibility index (Phi) is 3.70. The van der Waals surface area contributed by atoms with Crippen LogP contribution in [0.2, 0.25) is 0 Å². The maximum atomic E-state index is 11.6. The molecule has 2 bridgehead atoms. The Bertz CT molecular complexity index is 244. The van der Waals surface area contributed by atoms with Gasteiger partial charge in [0.2, 0.25) is 5.91 Å². The van der Waals surface area contributed by atoms with E-state index in [1.807, 2.05) is 6.92 Å². The van der Waals surface area contributed by atoms with Crippen LogP contribution in [0.5, 0.6) is 0 Å². The van der Waals surface area contributed by atoms with Crippen LogP contribution in [0.25, 0.3) is 0 Å². The Morgan fingerprint density at radius 3 is 2.80 bits per heavy atom. The van der Waals surface area contributed by atoms with Gasteiger partial charge in [-0.2, -0.15) is 0 Å². The summed E-state index contributed by atoms with van der Waals surface area (Å²) in [5.74, 6) is 2.82. The highest BCUT2D eigenvalue weighted by Gasteiger charge is 2.39. The molecule has 0 radical (unpaired) electrons. The molecule has 15 heavy (non-hydrogen) atoms. The fraction of sp³-hybridized carbons (Fsp3) is 0.917. The summed E-state index contributed by atoms with van der Waals surface area (Å²) >= 11 is 3.38. The van der Waals surface area contributed by atoms with Crippen LogP contribution in [0.15, 0.2) is 0 Å². The number of rotatable bonds is 4. The van der Waals surface area contributed by atoms with Crippen molar-refractivity contribution in [1.82, 2.24) is 5.32 Å². The first kappa shape index (κ1) is 11.4.